The fraction of sp³-hybridized carbons (Fsp3) is 0.0714. The Kier molecular flexibility index (Phi) is 3.04. The van der Waals surface area contributed by atoms with Gasteiger partial charge >= 0.3 is 0 Å². The molecule has 0 amide bonds. The molecule has 0 aliphatic carbocycles. The van der Waals surface area contributed by atoms with E-state index in [1.807, 2.05) is 12.1 Å². The van der Waals surface area contributed by atoms with Gasteiger partial charge in [0.2, 0.25) is 5.82 Å². The zero-order chi connectivity index (χ0) is 13.9. The van der Waals surface area contributed by atoms with Gasteiger partial charge in [0.15, 0.2) is 0 Å². The smallest absolute Gasteiger partial charge is 0.263 e. The van der Waals surface area contributed by atoms with E-state index in [1.54, 1.807) is 37.6 Å². The first kappa shape index (κ1) is 12.2. The van der Waals surface area contributed by atoms with E-state index in [9.17, 15) is 4.79 Å². The average Bonchev–Trinajstić information content (AvgIpc) is 2.97. The van der Waals surface area contributed by atoms with Crippen LogP contribution in [0.5, 0.6) is 5.75 Å². The maximum absolute atomic E-state index is 11.6. The van der Waals surface area contributed by atoms with Crippen LogP contribution in [0.25, 0.3) is 22.8 Å². The van der Waals surface area contributed by atoms with Crippen LogP contribution in [-0.2, 0) is 0 Å². The zero-order valence-corrected chi connectivity index (χ0v) is 10.7. The molecule has 20 heavy (non-hydrogen) atoms. The molecule has 0 unspecified atom stereocenters. The Hall–Kier alpha value is -2.89. The first-order chi connectivity index (χ1) is 9.78. The Morgan fingerprint density at radius 3 is 2.70 bits per heavy atom. The van der Waals surface area contributed by atoms with Crippen molar-refractivity contribution < 1.29 is 9.26 Å². The van der Waals surface area contributed by atoms with Crippen molar-refractivity contribution in [3.63, 3.8) is 0 Å². The molecule has 100 valence electrons. The number of aromatic nitrogens is 3. The van der Waals surface area contributed by atoms with E-state index in [-0.39, 0.29) is 11.4 Å². The van der Waals surface area contributed by atoms with Crippen molar-refractivity contribution in [2.75, 3.05) is 7.11 Å². The summed E-state index contributed by atoms with van der Waals surface area (Å²) in [6.07, 6.45) is 1.55. The number of H-pyrrole nitrogens is 1. The number of nitrogens with one attached hydrogen (secondary N) is 1. The summed E-state index contributed by atoms with van der Waals surface area (Å²) in [6.45, 7) is 0. The molecule has 0 fully saturated rings. The van der Waals surface area contributed by atoms with Gasteiger partial charge in [0.05, 0.1) is 7.11 Å². The Morgan fingerprint density at radius 2 is 2.00 bits per heavy atom. The lowest BCUT2D eigenvalue weighted by Crippen LogP contribution is -2.06. The molecule has 0 radical (unpaired) electrons. The predicted molar refractivity (Wildman–Crippen MR) is 72.3 cm³/mol. The number of hydrogen-bond acceptors (Lipinski definition) is 5. The van der Waals surface area contributed by atoms with Gasteiger partial charge in [0, 0.05) is 11.8 Å². The van der Waals surface area contributed by atoms with Gasteiger partial charge in [-0.2, -0.15) is 4.98 Å². The average molecular weight is 269 g/mol. The highest BCUT2D eigenvalue weighted by Crippen LogP contribution is 2.22. The molecule has 0 spiro atoms. The molecule has 3 aromatic rings. The molecule has 1 N–H and O–H groups in total. The second-order valence-corrected chi connectivity index (χ2v) is 4.06. The quantitative estimate of drug-likeness (QED) is 0.787. The van der Waals surface area contributed by atoms with Gasteiger partial charge in [0.25, 0.3) is 11.4 Å². The van der Waals surface area contributed by atoms with Gasteiger partial charge in [-0.3, -0.25) is 4.79 Å². The van der Waals surface area contributed by atoms with Crippen LogP contribution in [0, 0.1) is 0 Å². The van der Waals surface area contributed by atoms with Gasteiger partial charge in [-0.05, 0) is 36.4 Å². The van der Waals surface area contributed by atoms with E-state index in [2.05, 4.69) is 15.1 Å². The SMILES string of the molecule is COc1ccc(-c2noc(-c3ccc[nH]c3=O)n2)cc1. The minimum atomic E-state index is -0.266. The van der Waals surface area contributed by atoms with E-state index in [0.29, 0.717) is 11.4 Å². The monoisotopic (exact) mass is 269 g/mol. The number of hydrogen-bond donors (Lipinski definition) is 1. The molecule has 0 aliphatic rings. The second kappa shape index (κ2) is 5.00. The first-order valence-corrected chi connectivity index (χ1v) is 5.94. The third-order valence-corrected chi connectivity index (χ3v) is 2.82. The summed E-state index contributed by atoms with van der Waals surface area (Å²) in [4.78, 5) is 18.4. The number of benzene rings is 1. The van der Waals surface area contributed by atoms with E-state index >= 15 is 0 Å². The Labute approximate surface area is 114 Å². The second-order valence-electron chi connectivity index (χ2n) is 4.06. The van der Waals surface area contributed by atoms with Gasteiger partial charge in [-0.15, -0.1) is 0 Å². The summed E-state index contributed by atoms with van der Waals surface area (Å²) in [6, 6.07) is 10.6. The fourth-order valence-corrected chi connectivity index (χ4v) is 1.78. The molecule has 6 heteroatoms. The highest BCUT2D eigenvalue weighted by atomic mass is 16.5. The predicted octanol–water partition coefficient (Wildman–Crippen LogP) is 2.10. The van der Waals surface area contributed by atoms with Crippen LogP contribution in [0.1, 0.15) is 0 Å². The summed E-state index contributed by atoms with van der Waals surface area (Å²) >= 11 is 0. The van der Waals surface area contributed by atoms with Crippen LogP contribution < -0.4 is 10.3 Å². The fourth-order valence-electron chi connectivity index (χ4n) is 1.78. The first-order valence-electron chi connectivity index (χ1n) is 5.94. The number of pyridine rings is 1. The van der Waals surface area contributed by atoms with Gasteiger partial charge in [0.1, 0.15) is 11.3 Å². The summed E-state index contributed by atoms with van der Waals surface area (Å²) in [5.74, 6) is 1.36. The van der Waals surface area contributed by atoms with Crippen LogP contribution in [0.15, 0.2) is 51.9 Å². The largest absolute Gasteiger partial charge is 0.497 e. The van der Waals surface area contributed by atoms with Gasteiger partial charge < -0.3 is 14.2 Å². The van der Waals surface area contributed by atoms with Crippen LogP contribution in [0.2, 0.25) is 0 Å². The normalized spacial score (nSPS) is 10.4. The molecule has 1 aromatic carbocycles. The third kappa shape index (κ3) is 2.18. The molecule has 2 heterocycles. The maximum Gasteiger partial charge on any atom is 0.263 e. The highest BCUT2D eigenvalue weighted by Gasteiger charge is 2.13. The van der Waals surface area contributed by atoms with Crippen LogP contribution in [-0.4, -0.2) is 22.2 Å². The zero-order valence-electron chi connectivity index (χ0n) is 10.7. The summed E-state index contributed by atoms with van der Waals surface area (Å²) in [5.41, 5.74) is 0.866. The molecule has 0 bridgehead atoms. The van der Waals surface area contributed by atoms with E-state index in [1.165, 1.54) is 0 Å². The molecule has 0 atom stereocenters. The van der Waals surface area contributed by atoms with Gasteiger partial charge in [-0.25, -0.2) is 0 Å². The highest BCUT2D eigenvalue weighted by molar-refractivity contribution is 5.59. The molecular formula is C14H11N3O3. The maximum atomic E-state index is 11.6. The summed E-state index contributed by atoms with van der Waals surface area (Å²) in [5, 5.41) is 3.88. The van der Waals surface area contributed by atoms with Crippen LogP contribution in [0.3, 0.4) is 0 Å². The van der Waals surface area contributed by atoms with E-state index < -0.39 is 0 Å². The Morgan fingerprint density at radius 1 is 1.20 bits per heavy atom. The van der Waals surface area contributed by atoms with Crippen LogP contribution in [0.4, 0.5) is 0 Å². The lowest BCUT2D eigenvalue weighted by molar-refractivity contribution is 0.414. The number of ether oxygens (including phenoxy) is 1. The van der Waals surface area contributed by atoms with Crippen molar-refractivity contribution in [2.45, 2.75) is 0 Å². The van der Waals surface area contributed by atoms with Crippen molar-refractivity contribution in [1.82, 2.24) is 15.1 Å². The van der Waals surface area contributed by atoms with Crippen molar-refractivity contribution in [2.24, 2.45) is 0 Å². The molecule has 0 saturated carbocycles. The van der Waals surface area contributed by atoms with Crippen molar-refractivity contribution in [3.8, 4) is 28.6 Å². The Bertz CT molecular complexity index is 775. The van der Waals surface area contributed by atoms with E-state index in [4.69, 9.17) is 9.26 Å². The van der Waals surface area contributed by atoms with Crippen molar-refractivity contribution in [1.29, 1.82) is 0 Å². The topological polar surface area (TPSA) is 81.0 Å². The molecule has 3 rings (SSSR count). The molecular weight excluding hydrogens is 258 g/mol. The minimum absolute atomic E-state index is 0.192. The number of methoxy groups -OCH3 is 1. The molecule has 0 saturated heterocycles. The lowest BCUT2D eigenvalue weighted by Gasteiger charge is -1.98. The van der Waals surface area contributed by atoms with Gasteiger partial charge in [-0.1, -0.05) is 5.16 Å². The van der Waals surface area contributed by atoms with Crippen molar-refractivity contribution in [3.05, 3.63) is 52.9 Å². The van der Waals surface area contributed by atoms with Crippen molar-refractivity contribution >= 4 is 0 Å². The number of rotatable bonds is 3. The third-order valence-electron chi connectivity index (χ3n) is 2.82. The number of aromatic amines is 1. The summed E-state index contributed by atoms with van der Waals surface area (Å²) < 4.78 is 10.2. The Balaban J connectivity index is 1.97. The minimum Gasteiger partial charge on any atom is -0.497 e. The summed E-state index contributed by atoms with van der Waals surface area (Å²) in [7, 11) is 1.60. The number of nitrogens with zero attached hydrogens (tertiary/aromatic N) is 2. The standard InChI is InChI=1S/C14H11N3O3/c1-19-10-6-4-9(5-7-10)12-16-14(20-17-12)11-3-2-8-15-13(11)18/h2-8H,1H3,(H,15,18). The molecule has 6 nitrogen and oxygen atoms in total. The van der Waals surface area contributed by atoms with E-state index in [0.717, 1.165) is 11.3 Å². The molecule has 0 aliphatic heterocycles. The molecule has 2 aromatic heterocycles. The van der Waals surface area contributed by atoms with Crippen LogP contribution >= 0.6 is 0 Å². The lowest BCUT2D eigenvalue weighted by atomic mass is 10.2.